The number of hydrogen-bond acceptors (Lipinski definition) is 2. The summed E-state index contributed by atoms with van der Waals surface area (Å²) in [6.07, 6.45) is 0. The Hall–Kier alpha value is -2.53. The van der Waals surface area contributed by atoms with E-state index in [2.05, 4.69) is 36.5 Å². The van der Waals surface area contributed by atoms with Crippen LogP contribution in [0.4, 0.5) is 16.3 Å². The van der Waals surface area contributed by atoms with Crippen molar-refractivity contribution in [2.24, 2.45) is 7.05 Å². The molecule has 130 valence electrons. The molecular formula is C19H21ClN4O. The SMILES string of the molecule is Cn1nc(C(C)(C)C)cc1NC(=O)Nc1ccc(Cl)c2ccccc12. The summed E-state index contributed by atoms with van der Waals surface area (Å²) in [6.45, 7) is 6.25. The Kier molecular flexibility index (Phi) is 4.43. The maximum Gasteiger partial charge on any atom is 0.324 e. The minimum atomic E-state index is -0.323. The van der Waals surface area contributed by atoms with Gasteiger partial charge >= 0.3 is 6.03 Å². The second-order valence-electron chi connectivity index (χ2n) is 7.01. The molecule has 3 aromatic rings. The number of nitrogens with zero attached hydrogens (tertiary/aromatic N) is 2. The third-order valence-electron chi connectivity index (χ3n) is 4.01. The molecule has 2 aromatic carbocycles. The van der Waals surface area contributed by atoms with E-state index in [0.29, 0.717) is 16.5 Å². The van der Waals surface area contributed by atoms with Crippen molar-refractivity contribution in [1.82, 2.24) is 9.78 Å². The minimum Gasteiger partial charge on any atom is -0.307 e. The molecule has 0 radical (unpaired) electrons. The molecule has 1 aromatic heterocycles. The molecule has 0 saturated heterocycles. The molecule has 1 heterocycles. The first-order chi connectivity index (χ1) is 11.8. The van der Waals surface area contributed by atoms with E-state index in [0.717, 1.165) is 16.5 Å². The van der Waals surface area contributed by atoms with Crippen molar-refractivity contribution in [3.8, 4) is 0 Å². The predicted octanol–water partition coefficient (Wildman–Crippen LogP) is 5.17. The highest BCUT2D eigenvalue weighted by Crippen LogP contribution is 2.30. The molecule has 0 saturated carbocycles. The van der Waals surface area contributed by atoms with Crippen LogP contribution in [0.3, 0.4) is 0 Å². The number of halogens is 1. The number of fused-ring (bicyclic) bond motifs is 1. The molecule has 0 spiro atoms. The molecule has 2 amide bonds. The standard InChI is InChI=1S/C19H21ClN4O/c1-19(2,3)16-11-17(24(4)23-16)22-18(25)21-15-10-9-14(20)12-7-5-6-8-13(12)15/h5-11H,1-4H3,(H2,21,22,25). The fourth-order valence-corrected chi connectivity index (χ4v) is 2.82. The van der Waals surface area contributed by atoms with Crippen LogP contribution in [0.2, 0.25) is 5.02 Å². The second kappa shape index (κ2) is 6.41. The zero-order chi connectivity index (χ0) is 18.2. The van der Waals surface area contributed by atoms with Crippen LogP contribution in [0.15, 0.2) is 42.5 Å². The molecule has 0 atom stereocenters. The highest BCUT2D eigenvalue weighted by atomic mass is 35.5. The van der Waals surface area contributed by atoms with Crippen LogP contribution < -0.4 is 10.6 Å². The molecule has 0 fully saturated rings. The van der Waals surface area contributed by atoms with Gasteiger partial charge in [-0.2, -0.15) is 5.10 Å². The summed E-state index contributed by atoms with van der Waals surface area (Å²) < 4.78 is 1.67. The van der Waals surface area contributed by atoms with Crippen LogP contribution in [0.1, 0.15) is 26.5 Å². The zero-order valence-electron chi connectivity index (χ0n) is 14.7. The normalized spacial score (nSPS) is 11.6. The Morgan fingerprint density at radius 2 is 1.76 bits per heavy atom. The van der Waals surface area contributed by atoms with Gasteiger partial charge in [-0.05, 0) is 12.1 Å². The number of hydrogen-bond donors (Lipinski definition) is 2. The highest BCUT2D eigenvalue weighted by molar-refractivity contribution is 6.36. The number of rotatable bonds is 2. The zero-order valence-corrected chi connectivity index (χ0v) is 15.5. The summed E-state index contributed by atoms with van der Waals surface area (Å²) >= 11 is 6.22. The second-order valence-corrected chi connectivity index (χ2v) is 7.42. The van der Waals surface area contributed by atoms with Gasteiger partial charge in [-0.1, -0.05) is 56.6 Å². The number of amides is 2. The van der Waals surface area contributed by atoms with Crippen molar-refractivity contribution in [2.75, 3.05) is 10.6 Å². The third-order valence-corrected chi connectivity index (χ3v) is 4.34. The number of nitrogens with one attached hydrogen (secondary N) is 2. The van der Waals surface area contributed by atoms with E-state index in [9.17, 15) is 4.79 Å². The predicted molar refractivity (Wildman–Crippen MR) is 104 cm³/mol. The summed E-state index contributed by atoms with van der Waals surface area (Å²) in [6, 6.07) is 12.8. The summed E-state index contributed by atoms with van der Waals surface area (Å²) in [4.78, 5) is 12.4. The van der Waals surface area contributed by atoms with Crippen LogP contribution >= 0.6 is 11.6 Å². The van der Waals surface area contributed by atoms with Gasteiger partial charge in [0.1, 0.15) is 5.82 Å². The van der Waals surface area contributed by atoms with Gasteiger partial charge in [0, 0.05) is 34.3 Å². The largest absolute Gasteiger partial charge is 0.324 e. The van der Waals surface area contributed by atoms with Gasteiger partial charge in [0.05, 0.1) is 11.4 Å². The Labute approximate surface area is 152 Å². The van der Waals surface area contributed by atoms with E-state index >= 15 is 0 Å². The number of carbonyl (C=O) groups is 1. The van der Waals surface area contributed by atoms with Gasteiger partial charge in [0.15, 0.2) is 0 Å². The number of carbonyl (C=O) groups excluding carboxylic acids is 1. The van der Waals surface area contributed by atoms with E-state index < -0.39 is 0 Å². The first-order valence-corrected chi connectivity index (χ1v) is 8.43. The molecule has 3 rings (SSSR count). The van der Waals surface area contributed by atoms with Crippen LogP contribution in [0.5, 0.6) is 0 Å². The van der Waals surface area contributed by atoms with Gasteiger partial charge in [-0.25, -0.2) is 4.79 Å². The lowest BCUT2D eigenvalue weighted by Gasteiger charge is -2.13. The number of urea groups is 1. The maximum atomic E-state index is 12.4. The molecule has 0 unspecified atom stereocenters. The van der Waals surface area contributed by atoms with E-state index in [1.165, 1.54) is 0 Å². The summed E-state index contributed by atoms with van der Waals surface area (Å²) in [5.41, 5.74) is 1.54. The van der Waals surface area contributed by atoms with Crippen molar-refractivity contribution < 1.29 is 4.79 Å². The van der Waals surface area contributed by atoms with Crippen LogP contribution in [0.25, 0.3) is 10.8 Å². The third kappa shape index (κ3) is 3.61. The first-order valence-electron chi connectivity index (χ1n) is 8.05. The molecule has 2 N–H and O–H groups in total. The van der Waals surface area contributed by atoms with Crippen LogP contribution in [0, 0.1) is 0 Å². The van der Waals surface area contributed by atoms with E-state index in [1.807, 2.05) is 37.4 Å². The Bertz CT molecular complexity index is 940. The summed E-state index contributed by atoms with van der Waals surface area (Å²) in [5.74, 6) is 0.640. The van der Waals surface area contributed by atoms with Crippen LogP contribution in [-0.4, -0.2) is 15.8 Å². The number of aromatic nitrogens is 2. The monoisotopic (exact) mass is 356 g/mol. The van der Waals surface area contributed by atoms with E-state index in [1.54, 1.807) is 16.8 Å². The molecule has 0 aliphatic rings. The van der Waals surface area contributed by atoms with Gasteiger partial charge in [0.25, 0.3) is 0 Å². The molecule has 6 heteroatoms. The quantitative estimate of drug-likeness (QED) is 0.665. The van der Waals surface area contributed by atoms with Gasteiger partial charge < -0.3 is 5.32 Å². The van der Waals surface area contributed by atoms with E-state index in [-0.39, 0.29) is 11.4 Å². The lowest BCUT2D eigenvalue weighted by molar-refractivity contribution is 0.262. The molecular weight excluding hydrogens is 336 g/mol. The lowest BCUT2D eigenvalue weighted by atomic mass is 9.92. The highest BCUT2D eigenvalue weighted by Gasteiger charge is 2.19. The average molecular weight is 357 g/mol. The van der Waals surface area contributed by atoms with Gasteiger partial charge in [-0.3, -0.25) is 10.00 Å². The fourth-order valence-electron chi connectivity index (χ4n) is 2.59. The topological polar surface area (TPSA) is 59.0 Å². The fraction of sp³-hybridized carbons (Fsp3) is 0.263. The number of anilines is 2. The van der Waals surface area contributed by atoms with Crippen molar-refractivity contribution in [3.63, 3.8) is 0 Å². The van der Waals surface area contributed by atoms with Gasteiger partial charge in [-0.15, -0.1) is 0 Å². The average Bonchev–Trinajstić information content (AvgIpc) is 2.91. The summed E-state index contributed by atoms with van der Waals surface area (Å²) in [7, 11) is 1.81. The molecule has 0 aliphatic heterocycles. The number of aryl methyl sites for hydroxylation is 1. The van der Waals surface area contributed by atoms with Crippen molar-refractivity contribution in [3.05, 3.63) is 53.2 Å². The van der Waals surface area contributed by atoms with Crippen LogP contribution in [-0.2, 0) is 12.5 Å². The minimum absolute atomic E-state index is 0.0828. The molecule has 25 heavy (non-hydrogen) atoms. The van der Waals surface area contributed by atoms with Crippen molar-refractivity contribution in [2.45, 2.75) is 26.2 Å². The summed E-state index contributed by atoms with van der Waals surface area (Å²) in [5, 5.41) is 12.6. The smallest absolute Gasteiger partial charge is 0.307 e. The maximum absolute atomic E-state index is 12.4. The Balaban J connectivity index is 1.83. The molecule has 0 aliphatic carbocycles. The van der Waals surface area contributed by atoms with Crippen molar-refractivity contribution >= 4 is 39.9 Å². The Morgan fingerprint density at radius 1 is 1.08 bits per heavy atom. The van der Waals surface area contributed by atoms with Gasteiger partial charge in [0.2, 0.25) is 0 Å². The van der Waals surface area contributed by atoms with E-state index in [4.69, 9.17) is 11.6 Å². The number of benzene rings is 2. The molecule has 5 nitrogen and oxygen atoms in total. The first kappa shape index (κ1) is 17.3. The van der Waals surface area contributed by atoms with Crippen molar-refractivity contribution in [1.29, 1.82) is 0 Å². The molecule has 0 bridgehead atoms. The Morgan fingerprint density at radius 3 is 2.40 bits per heavy atom. The lowest BCUT2D eigenvalue weighted by Crippen LogP contribution is -2.21.